The summed E-state index contributed by atoms with van der Waals surface area (Å²) in [6.45, 7) is 3.92. The molecule has 0 saturated carbocycles. The Hall–Kier alpha value is -1.33. The highest BCUT2D eigenvalue weighted by Crippen LogP contribution is 2.26. The normalized spacial score (nSPS) is 10.4. The Morgan fingerprint density at radius 2 is 1.55 bits per heavy atom. The van der Waals surface area contributed by atoms with Crippen molar-refractivity contribution in [3.8, 4) is 0 Å². The second kappa shape index (κ2) is 5.97. The molecular weight excluding hydrogens is 384 g/mol. The van der Waals surface area contributed by atoms with Gasteiger partial charge in [-0.2, -0.15) is 0 Å². The lowest BCUT2D eigenvalue weighted by molar-refractivity contribution is 0.102. The average molecular weight is 398 g/mol. The summed E-state index contributed by atoms with van der Waals surface area (Å²) in [4.78, 5) is 12.3. The molecule has 0 bridgehead atoms. The first-order chi connectivity index (χ1) is 9.36. The quantitative estimate of drug-likeness (QED) is 0.723. The van der Waals surface area contributed by atoms with Crippen molar-refractivity contribution in [3.05, 3.63) is 56.0 Å². The zero-order valence-corrected chi connectivity index (χ0v) is 14.3. The topological polar surface area (TPSA) is 55.1 Å². The van der Waals surface area contributed by atoms with Gasteiger partial charge in [0.2, 0.25) is 0 Å². The van der Waals surface area contributed by atoms with Crippen LogP contribution in [0.25, 0.3) is 0 Å². The summed E-state index contributed by atoms with van der Waals surface area (Å²) in [5.41, 5.74) is 9.68. The maximum absolute atomic E-state index is 12.3. The van der Waals surface area contributed by atoms with Crippen molar-refractivity contribution in [2.75, 3.05) is 11.1 Å². The van der Waals surface area contributed by atoms with Crippen molar-refractivity contribution in [2.45, 2.75) is 13.8 Å². The fourth-order valence-corrected chi connectivity index (χ4v) is 3.23. The zero-order chi connectivity index (χ0) is 14.9. The third-order valence-electron chi connectivity index (χ3n) is 2.92. The van der Waals surface area contributed by atoms with Gasteiger partial charge in [-0.25, -0.2) is 0 Å². The van der Waals surface area contributed by atoms with Crippen LogP contribution in [0.3, 0.4) is 0 Å². The van der Waals surface area contributed by atoms with Crippen LogP contribution in [0.5, 0.6) is 0 Å². The number of nitrogens with one attached hydrogen (secondary N) is 1. The summed E-state index contributed by atoms with van der Waals surface area (Å²) < 4.78 is 1.78. The van der Waals surface area contributed by atoms with E-state index in [1.165, 1.54) is 0 Å². The summed E-state index contributed by atoms with van der Waals surface area (Å²) in [5, 5.41) is 2.94. The lowest BCUT2D eigenvalue weighted by Crippen LogP contribution is -2.14. The van der Waals surface area contributed by atoms with Crippen molar-refractivity contribution in [1.82, 2.24) is 0 Å². The molecule has 0 heterocycles. The van der Waals surface area contributed by atoms with E-state index in [1.54, 1.807) is 18.2 Å². The lowest BCUT2D eigenvalue weighted by Gasteiger charge is -2.13. The maximum atomic E-state index is 12.3. The van der Waals surface area contributed by atoms with Crippen molar-refractivity contribution in [2.24, 2.45) is 0 Å². The van der Waals surface area contributed by atoms with Gasteiger partial charge in [0.15, 0.2) is 0 Å². The standard InChI is InChI=1S/C15H14Br2N2O/c1-8-3-11(16)4-9(2)14(8)19-15(20)10-5-12(17)7-13(18)6-10/h3-7H,18H2,1-2H3,(H,19,20). The minimum atomic E-state index is -0.175. The van der Waals surface area contributed by atoms with E-state index in [1.807, 2.05) is 26.0 Å². The van der Waals surface area contributed by atoms with Crippen LogP contribution in [0.4, 0.5) is 11.4 Å². The van der Waals surface area contributed by atoms with Crippen molar-refractivity contribution in [1.29, 1.82) is 0 Å². The zero-order valence-electron chi connectivity index (χ0n) is 11.1. The molecule has 0 saturated heterocycles. The first kappa shape index (κ1) is 15.1. The van der Waals surface area contributed by atoms with E-state index in [2.05, 4.69) is 37.2 Å². The van der Waals surface area contributed by atoms with E-state index in [-0.39, 0.29) is 5.91 Å². The molecule has 0 spiro atoms. The second-order valence-corrected chi connectivity index (χ2v) is 6.47. The molecule has 0 aliphatic heterocycles. The van der Waals surface area contributed by atoms with Gasteiger partial charge in [-0.3, -0.25) is 4.79 Å². The molecule has 0 aliphatic rings. The highest BCUT2D eigenvalue weighted by Gasteiger charge is 2.11. The van der Waals surface area contributed by atoms with Gasteiger partial charge in [-0.05, 0) is 55.3 Å². The number of carbonyl (C=O) groups is 1. The number of benzene rings is 2. The minimum Gasteiger partial charge on any atom is -0.399 e. The van der Waals surface area contributed by atoms with E-state index in [0.717, 1.165) is 25.8 Å². The van der Waals surface area contributed by atoms with Gasteiger partial charge in [0, 0.05) is 25.9 Å². The number of aryl methyl sites for hydroxylation is 2. The number of hydrogen-bond acceptors (Lipinski definition) is 2. The Morgan fingerprint density at radius 1 is 1.00 bits per heavy atom. The first-order valence-electron chi connectivity index (χ1n) is 6.01. The maximum Gasteiger partial charge on any atom is 0.255 e. The largest absolute Gasteiger partial charge is 0.399 e. The Balaban J connectivity index is 2.32. The van der Waals surface area contributed by atoms with Crippen LogP contribution in [-0.4, -0.2) is 5.91 Å². The molecule has 3 nitrogen and oxygen atoms in total. The monoisotopic (exact) mass is 396 g/mol. The van der Waals surface area contributed by atoms with Crippen LogP contribution in [0, 0.1) is 13.8 Å². The molecule has 2 rings (SSSR count). The van der Waals surface area contributed by atoms with Crippen LogP contribution < -0.4 is 11.1 Å². The predicted molar refractivity (Wildman–Crippen MR) is 90.1 cm³/mol. The molecule has 20 heavy (non-hydrogen) atoms. The number of halogens is 2. The highest BCUT2D eigenvalue weighted by molar-refractivity contribution is 9.10. The van der Waals surface area contributed by atoms with E-state index in [0.29, 0.717) is 11.3 Å². The SMILES string of the molecule is Cc1cc(Br)cc(C)c1NC(=O)c1cc(N)cc(Br)c1. The molecular formula is C15H14Br2N2O. The fraction of sp³-hybridized carbons (Fsp3) is 0.133. The van der Waals surface area contributed by atoms with E-state index in [9.17, 15) is 4.79 Å². The van der Waals surface area contributed by atoms with E-state index < -0.39 is 0 Å². The number of nitrogens with two attached hydrogens (primary N) is 1. The minimum absolute atomic E-state index is 0.175. The molecule has 104 valence electrons. The summed E-state index contributed by atoms with van der Waals surface area (Å²) in [6, 6.07) is 9.10. The van der Waals surface area contributed by atoms with Crippen LogP contribution in [0.15, 0.2) is 39.3 Å². The lowest BCUT2D eigenvalue weighted by atomic mass is 10.1. The van der Waals surface area contributed by atoms with Gasteiger partial charge in [0.1, 0.15) is 0 Å². The Morgan fingerprint density at radius 3 is 2.10 bits per heavy atom. The summed E-state index contributed by atoms with van der Waals surface area (Å²) in [6.07, 6.45) is 0. The highest BCUT2D eigenvalue weighted by atomic mass is 79.9. The average Bonchev–Trinajstić information content (AvgIpc) is 2.32. The Kier molecular flexibility index (Phi) is 4.50. The van der Waals surface area contributed by atoms with Crippen molar-refractivity contribution in [3.63, 3.8) is 0 Å². The molecule has 0 aliphatic carbocycles. The molecule has 2 aromatic rings. The van der Waals surface area contributed by atoms with Crippen LogP contribution in [-0.2, 0) is 0 Å². The molecule has 1 amide bonds. The number of anilines is 2. The fourth-order valence-electron chi connectivity index (χ4n) is 2.04. The number of carbonyl (C=O) groups excluding carboxylic acids is 1. The number of rotatable bonds is 2. The molecule has 3 N–H and O–H groups in total. The third-order valence-corrected chi connectivity index (χ3v) is 3.83. The molecule has 0 fully saturated rings. The van der Waals surface area contributed by atoms with Gasteiger partial charge in [0.05, 0.1) is 0 Å². The third kappa shape index (κ3) is 3.41. The van der Waals surface area contributed by atoms with Crippen LogP contribution in [0.1, 0.15) is 21.5 Å². The summed E-state index contributed by atoms with van der Waals surface area (Å²) in [7, 11) is 0. The van der Waals surface area contributed by atoms with Gasteiger partial charge in [0.25, 0.3) is 5.91 Å². The first-order valence-corrected chi connectivity index (χ1v) is 7.59. The number of amides is 1. The van der Waals surface area contributed by atoms with Crippen molar-refractivity contribution < 1.29 is 4.79 Å². The molecule has 2 aromatic carbocycles. The van der Waals surface area contributed by atoms with E-state index >= 15 is 0 Å². The summed E-state index contributed by atoms with van der Waals surface area (Å²) >= 11 is 6.78. The van der Waals surface area contributed by atoms with Gasteiger partial charge in [-0.15, -0.1) is 0 Å². The smallest absolute Gasteiger partial charge is 0.255 e. The molecule has 0 atom stereocenters. The molecule has 0 radical (unpaired) electrons. The van der Waals surface area contributed by atoms with Crippen LogP contribution in [0.2, 0.25) is 0 Å². The Labute approximate surface area is 134 Å². The number of nitrogen functional groups attached to an aromatic ring is 1. The molecule has 5 heteroatoms. The van der Waals surface area contributed by atoms with Crippen LogP contribution >= 0.6 is 31.9 Å². The summed E-state index contributed by atoms with van der Waals surface area (Å²) in [5.74, 6) is -0.175. The molecule has 0 unspecified atom stereocenters. The molecule has 0 aromatic heterocycles. The number of hydrogen-bond donors (Lipinski definition) is 2. The Bertz CT molecular complexity index is 640. The predicted octanol–water partition coefficient (Wildman–Crippen LogP) is 4.66. The van der Waals surface area contributed by atoms with Crippen molar-refractivity contribution >= 4 is 49.1 Å². The van der Waals surface area contributed by atoms with Gasteiger partial charge < -0.3 is 11.1 Å². The second-order valence-electron chi connectivity index (χ2n) is 4.64. The van der Waals surface area contributed by atoms with Gasteiger partial charge >= 0.3 is 0 Å². The van der Waals surface area contributed by atoms with Gasteiger partial charge in [-0.1, -0.05) is 31.9 Å². The van der Waals surface area contributed by atoms with E-state index in [4.69, 9.17) is 5.73 Å².